The third-order valence-corrected chi connectivity index (χ3v) is 10.2. The van der Waals surface area contributed by atoms with Crippen LogP contribution in [0.25, 0.3) is 0 Å². The number of rotatable bonds is 45. The van der Waals surface area contributed by atoms with Crippen LogP contribution in [0.15, 0.2) is 170 Å². The summed E-state index contributed by atoms with van der Waals surface area (Å²) in [4.78, 5) is 38.0. The summed E-state index contributed by atoms with van der Waals surface area (Å²) in [6, 6.07) is 0. The van der Waals surface area contributed by atoms with Crippen molar-refractivity contribution in [2.24, 2.45) is 0 Å². The molecule has 0 saturated heterocycles. The van der Waals surface area contributed by atoms with E-state index in [0.29, 0.717) is 19.3 Å². The third kappa shape index (κ3) is 53.6. The second kappa shape index (κ2) is 55.4. The molecule has 0 rings (SSSR count). The van der Waals surface area contributed by atoms with E-state index in [1.807, 2.05) is 12.2 Å². The number of allylic oxidation sites excluding steroid dienone is 28. The van der Waals surface area contributed by atoms with Gasteiger partial charge in [0.1, 0.15) is 13.2 Å². The summed E-state index contributed by atoms with van der Waals surface area (Å²) in [5.41, 5.74) is 0. The van der Waals surface area contributed by atoms with Crippen molar-refractivity contribution in [3.63, 3.8) is 0 Å². The van der Waals surface area contributed by atoms with Gasteiger partial charge in [0, 0.05) is 19.3 Å². The zero-order chi connectivity index (χ0) is 50.0. The second-order valence-electron chi connectivity index (χ2n) is 16.6. The molecule has 0 aliphatic carbocycles. The van der Waals surface area contributed by atoms with Gasteiger partial charge in [-0.1, -0.05) is 210 Å². The molecule has 0 radical (unpaired) electrons. The highest BCUT2D eigenvalue weighted by Gasteiger charge is 2.19. The van der Waals surface area contributed by atoms with E-state index in [1.165, 1.54) is 0 Å². The summed E-state index contributed by atoms with van der Waals surface area (Å²) < 4.78 is 16.7. The Morgan fingerprint density at radius 1 is 0.290 bits per heavy atom. The minimum absolute atomic E-state index is 0.142. The van der Waals surface area contributed by atoms with E-state index in [9.17, 15) is 14.4 Å². The van der Waals surface area contributed by atoms with Crippen molar-refractivity contribution in [2.45, 2.75) is 194 Å². The summed E-state index contributed by atoms with van der Waals surface area (Å²) >= 11 is 0. The maximum atomic E-state index is 12.8. The first-order valence-electron chi connectivity index (χ1n) is 26.6. The van der Waals surface area contributed by atoms with Gasteiger partial charge in [-0.25, -0.2) is 0 Å². The van der Waals surface area contributed by atoms with Crippen molar-refractivity contribution in [2.75, 3.05) is 13.2 Å². The van der Waals surface area contributed by atoms with Gasteiger partial charge in [-0.2, -0.15) is 0 Å². The highest BCUT2D eigenvalue weighted by atomic mass is 16.6. The number of unbranched alkanes of at least 4 members (excludes halogenated alkanes) is 6. The van der Waals surface area contributed by atoms with Gasteiger partial charge in [-0.05, 0) is 128 Å². The molecular formula is C63H94O6. The van der Waals surface area contributed by atoms with Crippen LogP contribution in [0.3, 0.4) is 0 Å². The molecule has 382 valence electrons. The molecule has 1 atom stereocenters. The normalized spacial score (nSPS) is 13.5. The predicted molar refractivity (Wildman–Crippen MR) is 297 cm³/mol. The van der Waals surface area contributed by atoms with Crippen molar-refractivity contribution in [1.82, 2.24) is 0 Å². The molecule has 0 aliphatic rings. The molecule has 0 N–H and O–H groups in total. The smallest absolute Gasteiger partial charge is 0.306 e. The van der Waals surface area contributed by atoms with Crippen molar-refractivity contribution >= 4 is 17.9 Å². The Hall–Kier alpha value is -5.23. The van der Waals surface area contributed by atoms with Crippen LogP contribution < -0.4 is 0 Å². The summed E-state index contributed by atoms with van der Waals surface area (Å²) in [6.07, 6.45) is 82.1. The maximum Gasteiger partial charge on any atom is 0.306 e. The Morgan fingerprint density at radius 3 is 0.942 bits per heavy atom. The van der Waals surface area contributed by atoms with Crippen LogP contribution in [0.4, 0.5) is 0 Å². The lowest BCUT2D eigenvalue weighted by atomic mass is 10.1. The minimum atomic E-state index is -0.854. The van der Waals surface area contributed by atoms with Gasteiger partial charge in [0.2, 0.25) is 0 Å². The topological polar surface area (TPSA) is 78.9 Å². The fourth-order valence-electron chi connectivity index (χ4n) is 6.34. The second-order valence-corrected chi connectivity index (χ2v) is 16.6. The molecule has 6 heteroatoms. The van der Waals surface area contributed by atoms with Crippen LogP contribution in [0.5, 0.6) is 0 Å². The molecule has 0 fully saturated rings. The number of esters is 3. The molecule has 0 spiro atoms. The molecule has 0 aliphatic heterocycles. The number of hydrogen-bond acceptors (Lipinski definition) is 6. The number of carbonyl (C=O) groups excluding carboxylic acids is 3. The first-order valence-corrected chi connectivity index (χ1v) is 26.6. The molecular weight excluding hydrogens is 853 g/mol. The molecule has 0 aromatic heterocycles. The number of ether oxygens (including phenoxy) is 3. The van der Waals surface area contributed by atoms with Gasteiger partial charge in [-0.15, -0.1) is 0 Å². The molecule has 0 aromatic carbocycles. The Kier molecular flexibility index (Phi) is 51.2. The molecule has 69 heavy (non-hydrogen) atoms. The average molecular weight is 947 g/mol. The lowest BCUT2D eigenvalue weighted by molar-refractivity contribution is -0.166. The van der Waals surface area contributed by atoms with E-state index < -0.39 is 12.1 Å². The van der Waals surface area contributed by atoms with Gasteiger partial charge in [0.25, 0.3) is 0 Å². The highest BCUT2D eigenvalue weighted by molar-refractivity contribution is 5.71. The van der Waals surface area contributed by atoms with Crippen molar-refractivity contribution in [3.8, 4) is 0 Å². The predicted octanol–water partition coefficient (Wildman–Crippen LogP) is 18.0. The van der Waals surface area contributed by atoms with Crippen LogP contribution in [0, 0.1) is 0 Å². The quantitative estimate of drug-likeness (QED) is 0.0262. The van der Waals surface area contributed by atoms with Crippen molar-refractivity contribution in [3.05, 3.63) is 170 Å². The zero-order valence-corrected chi connectivity index (χ0v) is 43.5. The Labute approximate surface area is 422 Å². The van der Waals surface area contributed by atoms with Gasteiger partial charge < -0.3 is 14.2 Å². The molecule has 0 bridgehead atoms. The van der Waals surface area contributed by atoms with E-state index in [-0.39, 0.29) is 38.0 Å². The monoisotopic (exact) mass is 947 g/mol. The van der Waals surface area contributed by atoms with E-state index in [1.54, 1.807) is 0 Å². The van der Waals surface area contributed by atoms with Gasteiger partial charge in [0.05, 0.1) is 0 Å². The van der Waals surface area contributed by atoms with Crippen LogP contribution >= 0.6 is 0 Å². The molecule has 6 nitrogen and oxygen atoms in total. The van der Waals surface area contributed by atoms with Crippen LogP contribution in [-0.2, 0) is 28.6 Å². The first kappa shape index (κ1) is 63.8. The van der Waals surface area contributed by atoms with Crippen LogP contribution in [0.1, 0.15) is 188 Å². The lowest BCUT2D eigenvalue weighted by Gasteiger charge is -2.18. The van der Waals surface area contributed by atoms with Crippen LogP contribution in [0.2, 0.25) is 0 Å². The van der Waals surface area contributed by atoms with Crippen molar-refractivity contribution in [1.29, 1.82) is 0 Å². The van der Waals surface area contributed by atoms with E-state index >= 15 is 0 Å². The summed E-state index contributed by atoms with van der Waals surface area (Å²) in [7, 11) is 0. The standard InChI is InChI=1S/C63H94O6/c1-4-7-10-13-16-19-22-25-27-29-30-31-32-34-35-38-41-44-47-50-53-56-62(65)68-59-60(58-67-61(64)55-52-49-46-43-40-37-24-21-18-15-12-9-6-3)69-63(66)57-54-51-48-45-42-39-36-33-28-26-23-20-17-14-11-8-5-2/h7-12,16-21,25-28,30-31,34-37,39-40,45-46,48-49,60H,4-6,13-15,22-24,29,32-33,38,41-44,47,50-59H2,1-3H3/b10-7-,11-8-,12-9-,19-16-,20-17-,21-18-,27-25-,28-26-,31-30-,35-34-,39-36-,40-37-,48-45-,49-46-. The Morgan fingerprint density at radius 2 is 0.565 bits per heavy atom. The fraction of sp³-hybridized carbons (Fsp3) is 0.508. The molecule has 0 aromatic rings. The summed E-state index contributed by atoms with van der Waals surface area (Å²) in [5.74, 6) is -1.12. The van der Waals surface area contributed by atoms with Gasteiger partial charge in [-0.3, -0.25) is 14.4 Å². The summed E-state index contributed by atoms with van der Waals surface area (Å²) in [6.45, 7) is 6.13. The average Bonchev–Trinajstić information content (AvgIpc) is 3.35. The van der Waals surface area contributed by atoms with Crippen LogP contribution in [-0.4, -0.2) is 37.2 Å². The molecule has 0 heterocycles. The highest BCUT2D eigenvalue weighted by Crippen LogP contribution is 2.11. The third-order valence-electron chi connectivity index (χ3n) is 10.2. The maximum absolute atomic E-state index is 12.8. The molecule has 1 unspecified atom stereocenters. The molecule has 0 amide bonds. The minimum Gasteiger partial charge on any atom is -0.462 e. The van der Waals surface area contributed by atoms with Gasteiger partial charge in [0.15, 0.2) is 6.10 Å². The van der Waals surface area contributed by atoms with E-state index in [0.717, 1.165) is 135 Å². The number of hydrogen-bond donors (Lipinski definition) is 0. The zero-order valence-electron chi connectivity index (χ0n) is 43.5. The fourth-order valence-corrected chi connectivity index (χ4v) is 6.34. The lowest BCUT2D eigenvalue weighted by Crippen LogP contribution is -2.30. The Balaban J connectivity index is 4.60. The first-order chi connectivity index (χ1) is 34.0. The SMILES string of the molecule is CC/C=C\C/C=C\C/C=C\C/C=C\C/C=C\CCCCCCCC(=O)OCC(COC(=O)CC/C=C\C/C=C\C/C=C\C/C=C\CC)OC(=O)CCC/C=C\C/C=C\C/C=C\C/C=C\C/C=C\CC. The largest absolute Gasteiger partial charge is 0.462 e. The van der Waals surface area contributed by atoms with E-state index in [4.69, 9.17) is 14.2 Å². The summed E-state index contributed by atoms with van der Waals surface area (Å²) in [5, 5.41) is 0. The van der Waals surface area contributed by atoms with Crippen molar-refractivity contribution < 1.29 is 28.6 Å². The Bertz CT molecular complexity index is 1650. The van der Waals surface area contributed by atoms with E-state index in [2.05, 4.69) is 179 Å². The molecule has 0 saturated carbocycles. The van der Waals surface area contributed by atoms with Gasteiger partial charge >= 0.3 is 17.9 Å². The number of carbonyl (C=O) groups is 3.